The third-order valence-corrected chi connectivity index (χ3v) is 7.95. The molecule has 0 saturated heterocycles. The number of benzene rings is 1. The number of hydrogen-bond acceptors (Lipinski definition) is 8. The maximum Gasteiger partial charge on any atom is 0.309 e. The minimum atomic E-state index is -1.30. The molecule has 0 spiro atoms. The Balaban J connectivity index is 1.93. The van der Waals surface area contributed by atoms with Crippen molar-refractivity contribution in [3.05, 3.63) is 41.3 Å². The molecule has 2 aromatic rings. The number of aliphatic hydroxyl groups excluding tert-OH is 2. The van der Waals surface area contributed by atoms with E-state index in [2.05, 4.69) is 17.0 Å². The van der Waals surface area contributed by atoms with Crippen LogP contribution in [0.25, 0.3) is 11.1 Å². The van der Waals surface area contributed by atoms with Crippen molar-refractivity contribution in [3.63, 3.8) is 0 Å². The Hall–Kier alpha value is -2.99. The standard InChI is InChI=1S/C31H42N2O6/c1-6-7-11-22-29(36)20(3)10-8-9-19(2)12-14-24(39-28(35)17-26(34)31(4,5)30(22)37)21-13-15-25-23(16-21)33-27(18-32)38-25/h1,12-13,15-16,20,22,24,26,29,34,36H,7-11,14,17-18,32H2,2-5H3/b19-12-/t20-,22+,24-,26-,29-/m0/s1. The van der Waals surface area contributed by atoms with Crippen LogP contribution in [-0.4, -0.2) is 39.2 Å². The molecule has 0 amide bonds. The second-order valence-corrected chi connectivity index (χ2v) is 11.3. The zero-order valence-electron chi connectivity index (χ0n) is 23.5. The molecule has 8 heteroatoms. The van der Waals surface area contributed by atoms with Crippen LogP contribution >= 0.6 is 0 Å². The minimum absolute atomic E-state index is 0.129. The van der Waals surface area contributed by atoms with E-state index >= 15 is 0 Å². The number of aliphatic hydroxyl groups is 2. The molecule has 5 atom stereocenters. The fraction of sp³-hybridized carbons (Fsp3) is 0.581. The van der Waals surface area contributed by atoms with Gasteiger partial charge in [-0.15, -0.1) is 12.3 Å². The van der Waals surface area contributed by atoms with Crippen molar-refractivity contribution in [3.8, 4) is 12.3 Å². The number of carbonyl (C=O) groups excluding carboxylic acids is 2. The number of Topliss-reactive ketones (excluding diaryl/α,β-unsaturated/α-hetero) is 1. The number of terminal acetylenes is 1. The number of nitrogens with zero attached hydrogens (tertiary/aromatic N) is 1. The molecule has 0 unspecified atom stereocenters. The van der Waals surface area contributed by atoms with Crippen LogP contribution < -0.4 is 5.73 Å². The normalized spacial score (nSPS) is 28.9. The lowest BCUT2D eigenvalue weighted by molar-refractivity contribution is -0.156. The number of oxazole rings is 1. The molecule has 212 valence electrons. The van der Waals surface area contributed by atoms with Crippen molar-refractivity contribution in [1.82, 2.24) is 4.98 Å². The number of fused-ring (bicyclic) bond motifs is 1. The molecule has 0 radical (unpaired) electrons. The summed E-state index contributed by atoms with van der Waals surface area (Å²) in [6.45, 7) is 7.36. The van der Waals surface area contributed by atoms with E-state index in [-0.39, 0.29) is 24.7 Å². The SMILES string of the molecule is C#CCC[C@H]1C(=O)C(C)(C)[C@@H](O)CC(=O)O[C@H](c2ccc3oc(CN)nc3c2)C/C=C(/C)CCC[C@H](C)[C@@H]1O. The molecular weight excluding hydrogens is 496 g/mol. The Labute approximate surface area is 231 Å². The lowest BCUT2D eigenvalue weighted by Crippen LogP contribution is -2.46. The highest BCUT2D eigenvalue weighted by molar-refractivity contribution is 5.88. The highest BCUT2D eigenvalue weighted by Crippen LogP contribution is 2.35. The number of ether oxygens (including phenoxy) is 1. The summed E-state index contributed by atoms with van der Waals surface area (Å²) in [5.41, 5.74) is 7.46. The lowest BCUT2D eigenvalue weighted by atomic mass is 9.71. The molecule has 1 aliphatic rings. The molecule has 3 rings (SSSR count). The number of aromatic nitrogens is 1. The van der Waals surface area contributed by atoms with E-state index in [0.717, 1.165) is 30.4 Å². The monoisotopic (exact) mass is 538 g/mol. The number of rotatable bonds is 4. The van der Waals surface area contributed by atoms with Crippen molar-refractivity contribution in [2.75, 3.05) is 0 Å². The first-order valence-corrected chi connectivity index (χ1v) is 13.8. The van der Waals surface area contributed by atoms with Crippen LogP contribution in [0.3, 0.4) is 0 Å². The zero-order valence-corrected chi connectivity index (χ0v) is 23.5. The number of hydrogen-bond donors (Lipinski definition) is 3. The molecule has 39 heavy (non-hydrogen) atoms. The molecule has 8 nitrogen and oxygen atoms in total. The summed E-state index contributed by atoms with van der Waals surface area (Å²) in [5.74, 6) is 1.19. The van der Waals surface area contributed by atoms with Crippen LogP contribution in [0.5, 0.6) is 0 Å². The summed E-state index contributed by atoms with van der Waals surface area (Å²) in [6, 6.07) is 5.43. The van der Waals surface area contributed by atoms with Crippen LogP contribution in [0.2, 0.25) is 0 Å². The van der Waals surface area contributed by atoms with Gasteiger partial charge in [0.15, 0.2) is 5.58 Å². The fourth-order valence-electron chi connectivity index (χ4n) is 5.17. The topological polar surface area (TPSA) is 136 Å². The van der Waals surface area contributed by atoms with Crippen molar-refractivity contribution in [1.29, 1.82) is 0 Å². The van der Waals surface area contributed by atoms with Crippen LogP contribution in [0.1, 0.15) is 90.2 Å². The molecule has 0 aliphatic carbocycles. The van der Waals surface area contributed by atoms with E-state index in [9.17, 15) is 19.8 Å². The Morgan fingerprint density at radius 1 is 1.26 bits per heavy atom. The van der Waals surface area contributed by atoms with E-state index in [1.54, 1.807) is 19.9 Å². The Bertz CT molecular complexity index is 1220. The molecule has 1 aromatic heterocycles. The minimum Gasteiger partial charge on any atom is -0.457 e. The maximum absolute atomic E-state index is 13.7. The summed E-state index contributed by atoms with van der Waals surface area (Å²) in [5, 5.41) is 22.2. The van der Waals surface area contributed by atoms with Crippen molar-refractivity contribution in [2.24, 2.45) is 23.0 Å². The van der Waals surface area contributed by atoms with Gasteiger partial charge in [0, 0.05) is 18.8 Å². The Morgan fingerprint density at radius 2 is 2.00 bits per heavy atom. The number of ketones is 1. The lowest BCUT2D eigenvalue weighted by Gasteiger charge is -2.36. The van der Waals surface area contributed by atoms with Crippen molar-refractivity contribution in [2.45, 2.75) is 97.5 Å². The van der Waals surface area contributed by atoms with E-state index in [0.29, 0.717) is 36.3 Å². The quantitative estimate of drug-likeness (QED) is 0.288. The van der Waals surface area contributed by atoms with Crippen LogP contribution in [0.15, 0.2) is 34.3 Å². The van der Waals surface area contributed by atoms with E-state index in [4.69, 9.17) is 21.3 Å². The summed E-state index contributed by atoms with van der Waals surface area (Å²) < 4.78 is 11.5. The largest absolute Gasteiger partial charge is 0.457 e. The summed E-state index contributed by atoms with van der Waals surface area (Å²) in [6.07, 6.45) is 7.83. The molecule has 4 N–H and O–H groups in total. The van der Waals surface area contributed by atoms with Gasteiger partial charge in [-0.05, 0) is 56.2 Å². The second kappa shape index (κ2) is 13.4. The average Bonchev–Trinajstić information content (AvgIpc) is 3.32. The summed E-state index contributed by atoms with van der Waals surface area (Å²) in [4.78, 5) is 31.1. The summed E-state index contributed by atoms with van der Waals surface area (Å²) in [7, 11) is 0. The number of cyclic esters (lactones) is 1. The average molecular weight is 539 g/mol. The van der Waals surface area contributed by atoms with Gasteiger partial charge in [0.25, 0.3) is 0 Å². The molecule has 2 heterocycles. The highest BCUT2D eigenvalue weighted by Gasteiger charge is 2.43. The van der Waals surface area contributed by atoms with E-state index in [1.807, 2.05) is 26.0 Å². The van der Waals surface area contributed by atoms with E-state index < -0.39 is 35.6 Å². The van der Waals surface area contributed by atoms with Gasteiger partial charge in [0.1, 0.15) is 17.4 Å². The third-order valence-electron chi connectivity index (χ3n) is 7.95. The number of nitrogens with two attached hydrogens (primary N) is 1. The Morgan fingerprint density at radius 3 is 2.69 bits per heavy atom. The molecule has 0 fully saturated rings. The first-order chi connectivity index (χ1) is 18.5. The third kappa shape index (κ3) is 7.57. The molecular formula is C31H42N2O6. The van der Waals surface area contributed by atoms with Crippen LogP contribution in [0.4, 0.5) is 0 Å². The predicted molar refractivity (Wildman–Crippen MR) is 149 cm³/mol. The number of esters is 1. The van der Waals surface area contributed by atoms with Gasteiger partial charge in [-0.25, -0.2) is 4.98 Å². The second-order valence-electron chi connectivity index (χ2n) is 11.3. The van der Waals surface area contributed by atoms with E-state index in [1.165, 1.54) is 0 Å². The van der Waals surface area contributed by atoms with Gasteiger partial charge in [-0.1, -0.05) is 38.5 Å². The van der Waals surface area contributed by atoms with Crippen molar-refractivity contribution < 1.29 is 29.0 Å². The van der Waals surface area contributed by atoms with Gasteiger partial charge in [0.05, 0.1) is 30.6 Å². The van der Waals surface area contributed by atoms with Gasteiger partial charge in [0.2, 0.25) is 5.89 Å². The van der Waals surface area contributed by atoms with Gasteiger partial charge >= 0.3 is 5.97 Å². The van der Waals surface area contributed by atoms with Crippen LogP contribution in [0, 0.1) is 29.6 Å². The smallest absolute Gasteiger partial charge is 0.309 e. The summed E-state index contributed by atoms with van der Waals surface area (Å²) >= 11 is 0. The highest BCUT2D eigenvalue weighted by atomic mass is 16.5. The van der Waals surface area contributed by atoms with Crippen molar-refractivity contribution >= 4 is 22.9 Å². The first kappa shape index (κ1) is 30.6. The molecule has 1 aromatic carbocycles. The maximum atomic E-state index is 13.7. The van der Waals surface area contributed by atoms with Gasteiger partial charge < -0.3 is 25.1 Å². The predicted octanol–water partition coefficient (Wildman–Crippen LogP) is 4.76. The van der Waals surface area contributed by atoms with Gasteiger partial charge in [-0.3, -0.25) is 9.59 Å². The molecule has 0 saturated carbocycles. The van der Waals surface area contributed by atoms with Crippen LogP contribution in [-0.2, 0) is 20.9 Å². The molecule has 1 aliphatic heterocycles. The number of carbonyl (C=O) groups is 2. The first-order valence-electron chi connectivity index (χ1n) is 13.8. The molecule has 0 bridgehead atoms. The zero-order chi connectivity index (χ0) is 28.7. The Kier molecular flexibility index (Phi) is 10.5. The number of allylic oxidation sites excluding steroid dienone is 1. The van der Waals surface area contributed by atoms with Gasteiger partial charge in [-0.2, -0.15) is 0 Å². The fourth-order valence-corrected chi connectivity index (χ4v) is 5.17.